The maximum Gasteiger partial charge on any atom is 0.407 e. The van der Waals surface area contributed by atoms with Crippen molar-refractivity contribution in [3.05, 3.63) is 29.1 Å². The SMILES string of the molecule is COC(=O)c1cc(F)c(C)c(NC(C)C2CCN(C(=O)O)CC2)c1. The lowest BCUT2D eigenvalue weighted by molar-refractivity contribution is 0.0600. The number of hydrogen-bond donors (Lipinski definition) is 2. The maximum atomic E-state index is 14.0. The number of ether oxygens (including phenoxy) is 1. The van der Waals surface area contributed by atoms with E-state index in [0.717, 1.165) is 12.8 Å². The smallest absolute Gasteiger partial charge is 0.407 e. The summed E-state index contributed by atoms with van der Waals surface area (Å²) in [5.41, 5.74) is 1.16. The molecule has 1 aliphatic rings. The Kier molecular flexibility index (Phi) is 5.64. The molecule has 1 amide bonds. The molecule has 0 aliphatic carbocycles. The number of anilines is 1. The first-order valence-electron chi connectivity index (χ1n) is 7.96. The monoisotopic (exact) mass is 338 g/mol. The fraction of sp³-hybridized carbons (Fsp3) is 0.529. The van der Waals surface area contributed by atoms with E-state index in [2.05, 4.69) is 10.1 Å². The van der Waals surface area contributed by atoms with Gasteiger partial charge in [0.25, 0.3) is 0 Å². The highest BCUT2D eigenvalue weighted by Gasteiger charge is 2.26. The number of benzene rings is 1. The van der Waals surface area contributed by atoms with Crippen LogP contribution in [0.3, 0.4) is 0 Å². The zero-order valence-corrected chi connectivity index (χ0v) is 14.1. The topological polar surface area (TPSA) is 78.9 Å². The molecule has 2 N–H and O–H groups in total. The fourth-order valence-electron chi connectivity index (χ4n) is 3.02. The molecule has 1 atom stereocenters. The number of carbonyl (C=O) groups excluding carboxylic acids is 1. The molecule has 7 heteroatoms. The van der Waals surface area contributed by atoms with Gasteiger partial charge >= 0.3 is 12.1 Å². The van der Waals surface area contributed by atoms with E-state index in [1.807, 2.05) is 6.92 Å². The Labute approximate surface area is 140 Å². The van der Waals surface area contributed by atoms with Crippen LogP contribution in [0.15, 0.2) is 12.1 Å². The molecule has 6 nitrogen and oxygen atoms in total. The molecular formula is C17H23FN2O4. The van der Waals surface area contributed by atoms with E-state index in [1.54, 1.807) is 13.0 Å². The zero-order valence-electron chi connectivity index (χ0n) is 14.1. The van der Waals surface area contributed by atoms with Crippen molar-refractivity contribution in [3.63, 3.8) is 0 Å². The predicted octanol–water partition coefficient (Wildman–Crippen LogP) is 3.11. The number of carboxylic acid groups (broad SMARTS) is 1. The Morgan fingerprint density at radius 1 is 1.38 bits per heavy atom. The third-order valence-corrected chi connectivity index (χ3v) is 4.67. The van der Waals surface area contributed by atoms with E-state index in [9.17, 15) is 14.0 Å². The zero-order chi connectivity index (χ0) is 17.9. The highest BCUT2D eigenvalue weighted by Crippen LogP contribution is 2.27. The van der Waals surface area contributed by atoms with Crippen LogP contribution in [-0.2, 0) is 4.74 Å². The summed E-state index contributed by atoms with van der Waals surface area (Å²) in [6.07, 6.45) is 0.606. The first-order chi connectivity index (χ1) is 11.3. The minimum absolute atomic E-state index is 0.0342. The molecular weight excluding hydrogens is 315 g/mol. The average molecular weight is 338 g/mol. The van der Waals surface area contributed by atoms with Crippen molar-refractivity contribution in [3.8, 4) is 0 Å². The van der Waals surface area contributed by atoms with Crippen LogP contribution in [0.1, 0.15) is 35.7 Å². The first-order valence-corrected chi connectivity index (χ1v) is 7.96. The lowest BCUT2D eigenvalue weighted by Gasteiger charge is -2.34. The van der Waals surface area contributed by atoms with Gasteiger partial charge in [-0.15, -0.1) is 0 Å². The molecule has 1 aromatic carbocycles. The number of halogens is 1. The number of likely N-dealkylation sites (tertiary alicyclic amines) is 1. The number of piperidine rings is 1. The largest absolute Gasteiger partial charge is 0.465 e. The van der Waals surface area contributed by atoms with Crippen molar-refractivity contribution in [2.24, 2.45) is 5.92 Å². The second-order valence-corrected chi connectivity index (χ2v) is 6.16. The molecule has 24 heavy (non-hydrogen) atoms. The molecule has 0 bridgehead atoms. The number of rotatable bonds is 4. The molecule has 0 saturated carbocycles. The Bertz CT molecular complexity index is 627. The van der Waals surface area contributed by atoms with Crippen molar-refractivity contribution in [1.82, 2.24) is 4.90 Å². The molecule has 132 valence electrons. The number of carbonyl (C=O) groups is 2. The van der Waals surface area contributed by atoms with Crippen LogP contribution >= 0.6 is 0 Å². The summed E-state index contributed by atoms with van der Waals surface area (Å²) in [6, 6.07) is 2.79. The molecule has 1 aliphatic heterocycles. The highest BCUT2D eigenvalue weighted by atomic mass is 19.1. The van der Waals surface area contributed by atoms with Crippen LogP contribution in [-0.4, -0.2) is 48.3 Å². The molecule has 0 aromatic heterocycles. The summed E-state index contributed by atoms with van der Waals surface area (Å²) in [5, 5.41) is 12.3. The van der Waals surface area contributed by atoms with Crippen LogP contribution in [0.4, 0.5) is 14.9 Å². The van der Waals surface area contributed by atoms with E-state index >= 15 is 0 Å². The van der Waals surface area contributed by atoms with Crippen LogP contribution < -0.4 is 5.32 Å². The van der Waals surface area contributed by atoms with E-state index in [-0.39, 0.29) is 17.5 Å². The van der Waals surface area contributed by atoms with Gasteiger partial charge in [-0.2, -0.15) is 0 Å². The quantitative estimate of drug-likeness (QED) is 0.825. The van der Waals surface area contributed by atoms with Gasteiger partial charge in [0.05, 0.1) is 12.7 Å². The number of methoxy groups -OCH3 is 1. The lowest BCUT2D eigenvalue weighted by atomic mass is 9.90. The minimum Gasteiger partial charge on any atom is -0.465 e. The van der Waals surface area contributed by atoms with Gasteiger partial charge in [-0.25, -0.2) is 14.0 Å². The standard InChI is InChI=1S/C17H23FN2O4/c1-10-14(18)8-13(16(21)24-3)9-15(10)19-11(2)12-4-6-20(7-5-12)17(22)23/h8-9,11-12,19H,4-7H2,1-3H3,(H,22,23). The highest BCUT2D eigenvalue weighted by molar-refractivity contribution is 5.90. The average Bonchev–Trinajstić information content (AvgIpc) is 2.57. The van der Waals surface area contributed by atoms with E-state index in [1.165, 1.54) is 18.1 Å². The number of nitrogens with zero attached hydrogens (tertiary/aromatic N) is 1. The van der Waals surface area contributed by atoms with Gasteiger partial charge in [-0.3, -0.25) is 0 Å². The second-order valence-electron chi connectivity index (χ2n) is 6.16. The van der Waals surface area contributed by atoms with Crippen LogP contribution in [0, 0.1) is 18.7 Å². The van der Waals surface area contributed by atoms with Crippen LogP contribution in [0.2, 0.25) is 0 Å². The lowest BCUT2D eigenvalue weighted by Crippen LogP contribution is -2.41. The number of nitrogens with one attached hydrogen (secondary N) is 1. The molecule has 2 rings (SSSR count). The van der Waals surface area contributed by atoms with Gasteiger partial charge < -0.3 is 20.1 Å². The fourth-order valence-corrected chi connectivity index (χ4v) is 3.02. The first kappa shape index (κ1) is 18.0. The van der Waals surface area contributed by atoms with Crippen molar-refractivity contribution in [2.45, 2.75) is 32.7 Å². The summed E-state index contributed by atoms with van der Waals surface area (Å²) >= 11 is 0. The summed E-state index contributed by atoms with van der Waals surface area (Å²) in [4.78, 5) is 24.0. The predicted molar refractivity (Wildman–Crippen MR) is 87.9 cm³/mol. The maximum absolute atomic E-state index is 14.0. The van der Waals surface area contributed by atoms with E-state index in [0.29, 0.717) is 24.3 Å². The molecule has 0 radical (unpaired) electrons. The van der Waals surface area contributed by atoms with Crippen molar-refractivity contribution in [1.29, 1.82) is 0 Å². The van der Waals surface area contributed by atoms with Gasteiger partial charge in [-0.1, -0.05) is 0 Å². The molecule has 1 unspecified atom stereocenters. The number of amides is 1. The number of esters is 1. The molecule has 1 fully saturated rings. The Hall–Kier alpha value is -2.31. The molecule has 1 aromatic rings. The Morgan fingerprint density at radius 2 is 2.00 bits per heavy atom. The second kappa shape index (κ2) is 7.51. The van der Waals surface area contributed by atoms with Crippen molar-refractivity contribution < 1.29 is 23.8 Å². The minimum atomic E-state index is -0.891. The molecule has 1 heterocycles. The van der Waals surface area contributed by atoms with Gasteiger partial charge in [0.2, 0.25) is 0 Å². The van der Waals surface area contributed by atoms with Crippen LogP contribution in [0.25, 0.3) is 0 Å². The van der Waals surface area contributed by atoms with E-state index in [4.69, 9.17) is 5.11 Å². The molecule has 0 spiro atoms. The Balaban J connectivity index is 2.09. The summed E-state index contributed by atoms with van der Waals surface area (Å²) in [6.45, 7) is 4.64. The van der Waals surface area contributed by atoms with Gasteiger partial charge in [0.15, 0.2) is 0 Å². The van der Waals surface area contributed by atoms with Crippen LogP contribution in [0.5, 0.6) is 0 Å². The third kappa shape index (κ3) is 3.96. The Morgan fingerprint density at radius 3 is 2.54 bits per heavy atom. The van der Waals surface area contributed by atoms with Crippen molar-refractivity contribution in [2.75, 3.05) is 25.5 Å². The summed E-state index contributed by atoms with van der Waals surface area (Å²) in [7, 11) is 1.26. The van der Waals surface area contributed by atoms with Gasteiger partial charge in [0, 0.05) is 30.4 Å². The summed E-state index contributed by atoms with van der Waals surface area (Å²) < 4.78 is 18.7. The van der Waals surface area contributed by atoms with E-state index < -0.39 is 17.9 Å². The van der Waals surface area contributed by atoms with Gasteiger partial charge in [-0.05, 0) is 44.7 Å². The van der Waals surface area contributed by atoms with Crippen molar-refractivity contribution >= 4 is 17.7 Å². The third-order valence-electron chi connectivity index (χ3n) is 4.67. The number of hydrogen-bond acceptors (Lipinski definition) is 4. The molecule has 1 saturated heterocycles. The van der Waals surface area contributed by atoms with Gasteiger partial charge in [0.1, 0.15) is 5.82 Å². The summed E-state index contributed by atoms with van der Waals surface area (Å²) in [5.74, 6) is -0.766. The normalized spacial score (nSPS) is 16.6.